The number of benzene rings is 1. The number of esters is 1. The topological polar surface area (TPSA) is 43.4 Å². The largest absolute Gasteiger partial charge is 0.466 e. The first kappa shape index (κ1) is 23.4. The van der Waals surface area contributed by atoms with E-state index in [4.69, 9.17) is 4.74 Å². The third kappa shape index (κ3) is 7.12. The molecule has 0 radical (unpaired) electrons. The number of carbonyl (C=O) groups excluding carboxylic acids is 2. The Kier molecular flexibility index (Phi) is 8.71. The Morgan fingerprint density at radius 3 is 2.19 bits per heavy atom. The van der Waals surface area contributed by atoms with Gasteiger partial charge in [-0.1, -0.05) is 85.1 Å². The molecule has 27 heavy (non-hydrogen) atoms. The van der Waals surface area contributed by atoms with Crippen molar-refractivity contribution >= 4 is 11.8 Å². The molecule has 3 nitrogen and oxygen atoms in total. The molecule has 152 valence electrons. The molecule has 0 heterocycles. The quantitative estimate of drug-likeness (QED) is 0.374. The fourth-order valence-electron chi connectivity index (χ4n) is 3.44. The van der Waals surface area contributed by atoms with Crippen LogP contribution in [0.25, 0.3) is 0 Å². The Labute approximate surface area is 165 Å². The van der Waals surface area contributed by atoms with E-state index in [1.807, 2.05) is 6.07 Å². The molecular weight excluding hydrogens is 336 g/mol. The number of rotatable bonds is 10. The minimum absolute atomic E-state index is 0.0316. The molecule has 0 saturated heterocycles. The highest BCUT2D eigenvalue weighted by Crippen LogP contribution is 2.36. The van der Waals surface area contributed by atoms with E-state index in [0.717, 1.165) is 31.2 Å². The smallest absolute Gasteiger partial charge is 0.306 e. The number of unbranched alkanes of at least 4 members (excludes halogenated alkanes) is 3. The van der Waals surface area contributed by atoms with E-state index < -0.39 is 11.3 Å². The van der Waals surface area contributed by atoms with Gasteiger partial charge in [0.25, 0.3) is 0 Å². The lowest BCUT2D eigenvalue weighted by Crippen LogP contribution is -2.36. The van der Waals surface area contributed by atoms with Crippen LogP contribution in [0.4, 0.5) is 0 Å². The standard InChI is InChI=1S/C24H38O3/c1-8-9-10-11-15-27-22(26)17-21(18(2)25)24(6,7)20-14-12-13-19(16-20)23(3,4)5/h12-14,16,21H,8-11,15,17H2,1-7H3. The average Bonchev–Trinajstić information content (AvgIpc) is 2.58. The molecule has 1 aromatic rings. The monoisotopic (exact) mass is 374 g/mol. The lowest BCUT2D eigenvalue weighted by molar-refractivity contribution is -0.147. The van der Waals surface area contributed by atoms with Crippen molar-refractivity contribution < 1.29 is 14.3 Å². The Morgan fingerprint density at radius 1 is 1.00 bits per heavy atom. The van der Waals surface area contributed by atoms with Crippen LogP contribution in [0.5, 0.6) is 0 Å². The van der Waals surface area contributed by atoms with E-state index in [0.29, 0.717) is 6.61 Å². The summed E-state index contributed by atoms with van der Waals surface area (Å²) in [5.41, 5.74) is 1.92. The van der Waals surface area contributed by atoms with Gasteiger partial charge in [-0.15, -0.1) is 0 Å². The molecular formula is C24H38O3. The van der Waals surface area contributed by atoms with Crippen molar-refractivity contribution in [3.63, 3.8) is 0 Å². The molecule has 1 unspecified atom stereocenters. The third-order valence-corrected chi connectivity index (χ3v) is 5.47. The van der Waals surface area contributed by atoms with Crippen LogP contribution in [0.3, 0.4) is 0 Å². The normalized spacial score (nSPS) is 13.3. The van der Waals surface area contributed by atoms with E-state index >= 15 is 0 Å². The maximum Gasteiger partial charge on any atom is 0.306 e. The minimum Gasteiger partial charge on any atom is -0.466 e. The first-order valence-electron chi connectivity index (χ1n) is 10.3. The molecule has 0 aliphatic rings. The molecule has 0 aliphatic carbocycles. The summed E-state index contributed by atoms with van der Waals surface area (Å²) in [5.74, 6) is -0.633. The molecule has 0 fully saturated rings. The summed E-state index contributed by atoms with van der Waals surface area (Å²) in [6, 6.07) is 8.39. The maximum absolute atomic E-state index is 12.4. The summed E-state index contributed by atoms with van der Waals surface area (Å²) in [6.45, 7) is 14.8. The Balaban J connectivity index is 2.89. The van der Waals surface area contributed by atoms with Gasteiger partial charge in [-0.2, -0.15) is 0 Å². The first-order valence-corrected chi connectivity index (χ1v) is 10.3. The van der Waals surface area contributed by atoms with Crippen LogP contribution in [0.2, 0.25) is 0 Å². The number of carbonyl (C=O) groups is 2. The molecule has 0 aromatic heterocycles. The van der Waals surface area contributed by atoms with Gasteiger partial charge >= 0.3 is 5.97 Å². The molecule has 1 atom stereocenters. The second-order valence-corrected chi connectivity index (χ2v) is 9.20. The number of hydrogen-bond acceptors (Lipinski definition) is 3. The molecule has 0 bridgehead atoms. The molecule has 0 amide bonds. The van der Waals surface area contributed by atoms with Crippen molar-refractivity contribution in [1.29, 1.82) is 0 Å². The minimum atomic E-state index is -0.436. The molecule has 1 aromatic carbocycles. The van der Waals surface area contributed by atoms with Crippen molar-refractivity contribution in [2.24, 2.45) is 5.92 Å². The van der Waals surface area contributed by atoms with Crippen molar-refractivity contribution in [1.82, 2.24) is 0 Å². The second-order valence-electron chi connectivity index (χ2n) is 9.20. The number of ether oxygens (including phenoxy) is 1. The zero-order valence-corrected chi connectivity index (χ0v) is 18.4. The molecule has 0 N–H and O–H groups in total. The number of hydrogen-bond donors (Lipinski definition) is 0. The van der Waals surface area contributed by atoms with Crippen LogP contribution in [0.15, 0.2) is 24.3 Å². The third-order valence-electron chi connectivity index (χ3n) is 5.47. The van der Waals surface area contributed by atoms with Gasteiger partial charge < -0.3 is 4.74 Å². The summed E-state index contributed by atoms with van der Waals surface area (Å²) in [4.78, 5) is 24.7. The van der Waals surface area contributed by atoms with Crippen LogP contribution in [0, 0.1) is 5.92 Å². The lowest BCUT2D eigenvalue weighted by Gasteiger charge is -2.34. The first-order chi connectivity index (χ1) is 12.5. The summed E-state index contributed by atoms with van der Waals surface area (Å²) in [5, 5.41) is 0. The van der Waals surface area contributed by atoms with E-state index in [1.54, 1.807) is 6.92 Å². The molecule has 0 saturated carbocycles. The van der Waals surface area contributed by atoms with Crippen LogP contribution in [0.1, 0.15) is 91.7 Å². The van der Waals surface area contributed by atoms with Crippen LogP contribution >= 0.6 is 0 Å². The van der Waals surface area contributed by atoms with Gasteiger partial charge in [0.05, 0.1) is 13.0 Å². The van der Waals surface area contributed by atoms with E-state index in [2.05, 4.69) is 59.7 Å². The zero-order chi connectivity index (χ0) is 20.7. The summed E-state index contributed by atoms with van der Waals surface area (Å²) >= 11 is 0. The molecule has 3 heteroatoms. The van der Waals surface area contributed by atoms with E-state index in [9.17, 15) is 9.59 Å². The van der Waals surface area contributed by atoms with Crippen LogP contribution < -0.4 is 0 Å². The maximum atomic E-state index is 12.4. The molecule has 1 rings (SSSR count). The second kappa shape index (κ2) is 10.1. The summed E-state index contributed by atoms with van der Waals surface area (Å²) < 4.78 is 5.39. The van der Waals surface area contributed by atoms with Gasteiger partial charge in [0.15, 0.2) is 0 Å². The summed E-state index contributed by atoms with van der Waals surface area (Å²) in [7, 11) is 0. The molecule has 0 aliphatic heterocycles. The van der Waals surface area contributed by atoms with Gasteiger partial charge in [0.2, 0.25) is 0 Å². The Bertz CT molecular complexity index is 623. The highest BCUT2D eigenvalue weighted by Gasteiger charge is 2.37. The van der Waals surface area contributed by atoms with Crippen LogP contribution in [-0.2, 0) is 25.2 Å². The number of Topliss-reactive ketones (excluding diaryl/α,β-unsaturated/α-hetero) is 1. The predicted octanol–water partition coefficient (Wildman–Crippen LogP) is 5.98. The van der Waals surface area contributed by atoms with E-state index in [1.165, 1.54) is 5.56 Å². The fraction of sp³-hybridized carbons (Fsp3) is 0.667. The predicted molar refractivity (Wildman–Crippen MR) is 112 cm³/mol. The van der Waals surface area contributed by atoms with Crippen molar-refractivity contribution in [3.8, 4) is 0 Å². The highest BCUT2D eigenvalue weighted by molar-refractivity contribution is 5.85. The van der Waals surface area contributed by atoms with Crippen molar-refractivity contribution in [2.75, 3.05) is 6.61 Å². The lowest BCUT2D eigenvalue weighted by atomic mass is 9.69. The van der Waals surface area contributed by atoms with Gasteiger partial charge in [0, 0.05) is 5.92 Å². The Hall–Kier alpha value is -1.64. The van der Waals surface area contributed by atoms with Crippen molar-refractivity contribution in [2.45, 2.75) is 91.4 Å². The van der Waals surface area contributed by atoms with Gasteiger partial charge in [-0.25, -0.2) is 0 Å². The zero-order valence-electron chi connectivity index (χ0n) is 18.4. The number of ketones is 1. The van der Waals surface area contributed by atoms with E-state index in [-0.39, 0.29) is 23.6 Å². The highest BCUT2D eigenvalue weighted by atomic mass is 16.5. The van der Waals surface area contributed by atoms with Gasteiger partial charge in [-0.05, 0) is 35.3 Å². The van der Waals surface area contributed by atoms with Gasteiger partial charge in [-0.3, -0.25) is 9.59 Å². The molecule has 0 spiro atoms. The van der Waals surface area contributed by atoms with Crippen molar-refractivity contribution in [3.05, 3.63) is 35.4 Å². The SMILES string of the molecule is CCCCCCOC(=O)CC(C(C)=O)C(C)(C)c1cccc(C(C)(C)C)c1. The Morgan fingerprint density at radius 2 is 1.63 bits per heavy atom. The fourth-order valence-corrected chi connectivity index (χ4v) is 3.44. The van der Waals surface area contributed by atoms with Gasteiger partial charge in [0.1, 0.15) is 5.78 Å². The van der Waals surface area contributed by atoms with Crippen LogP contribution in [-0.4, -0.2) is 18.4 Å². The summed E-state index contributed by atoms with van der Waals surface area (Å²) in [6.07, 6.45) is 4.41. The average molecular weight is 375 g/mol.